The Morgan fingerprint density at radius 2 is 2.00 bits per heavy atom. The first-order chi connectivity index (χ1) is 12.0. The van der Waals surface area contributed by atoms with Crippen molar-refractivity contribution in [1.82, 2.24) is 9.55 Å². The molecule has 3 rings (SSSR count). The second kappa shape index (κ2) is 7.04. The molecular weight excluding hydrogens is 358 g/mol. The van der Waals surface area contributed by atoms with Gasteiger partial charge in [-0.05, 0) is 55.0 Å². The summed E-state index contributed by atoms with van der Waals surface area (Å²) in [5.41, 5.74) is 1.71. The summed E-state index contributed by atoms with van der Waals surface area (Å²) >= 11 is 11.1. The molecule has 2 aromatic carbocycles. The number of halogens is 1. The van der Waals surface area contributed by atoms with E-state index in [2.05, 4.69) is 9.98 Å². The number of aromatic amines is 1. The summed E-state index contributed by atoms with van der Waals surface area (Å²) in [5.74, 6) is -0.273. The maximum atomic E-state index is 12.2. The molecule has 0 amide bonds. The quantitative estimate of drug-likeness (QED) is 0.532. The van der Waals surface area contributed by atoms with Gasteiger partial charge in [-0.25, -0.2) is 0 Å². The van der Waals surface area contributed by atoms with E-state index in [1.165, 1.54) is 10.8 Å². The van der Waals surface area contributed by atoms with E-state index in [1.54, 1.807) is 30.3 Å². The van der Waals surface area contributed by atoms with Gasteiger partial charge in [0.05, 0.1) is 11.4 Å². The van der Waals surface area contributed by atoms with E-state index in [9.17, 15) is 9.90 Å². The number of hydrogen-bond acceptors (Lipinski definition) is 4. The van der Waals surface area contributed by atoms with Gasteiger partial charge in [-0.2, -0.15) is 0 Å². The molecule has 0 bridgehead atoms. The van der Waals surface area contributed by atoms with Gasteiger partial charge in [0, 0.05) is 11.2 Å². The van der Waals surface area contributed by atoms with E-state index in [0.717, 1.165) is 5.56 Å². The summed E-state index contributed by atoms with van der Waals surface area (Å²) in [7, 11) is 0. The fourth-order valence-corrected chi connectivity index (χ4v) is 2.83. The molecular formula is C18H14ClN3O2S. The van der Waals surface area contributed by atoms with Crippen LogP contribution in [-0.4, -0.2) is 20.9 Å². The lowest BCUT2D eigenvalue weighted by molar-refractivity contribution is 0.432. The molecule has 0 atom stereocenters. The number of nitrogens with one attached hydrogen (secondary N) is 1. The zero-order valence-corrected chi connectivity index (χ0v) is 14.8. The summed E-state index contributed by atoms with van der Waals surface area (Å²) < 4.78 is 1.50. The number of aromatic nitrogens is 2. The average Bonchev–Trinajstić information content (AvgIpc) is 2.54. The highest BCUT2D eigenvalue weighted by Crippen LogP contribution is 2.21. The van der Waals surface area contributed by atoms with E-state index in [-0.39, 0.29) is 16.2 Å². The molecule has 0 spiro atoms. The van der Waals surface area contributed by atoms with Crippen LogP contribution in [-0.2, 0) is 0 Å². The molecule has 5 nitrogen and oxygen atoms in total. The molecule has 0 saturated heterocycles. The van der Waals surface area contributed by atoms with Crippen LogP contribution in [0.25, 0.3) is 5.69 Å². The Morgan fingerprint density at radius 1 is 1.24 bits per heavy atom. The first kappa shape index (κ1) is 17.1. The number of hydrogen-bond donors (Lipinski definition) is 2. The van der Waals surface area contributed by atoms with E-state index < -0.39 is 5.56 Å². The lowest BCUT2D eigenvalue weighted by Gasteiger charge is -2.11. The monoisotopic (exact) mass is 371 g/mol. The first-order valence-electron chi connectivity index (χ1n) is 7.40. The van der Waals surface area contributed by atoms with Crippen LogP contribution in [0.2, 0.25) is 5.02 Å². The maximum absolute atomic E-state index is 12.2. The van der Waals surface area contributed by atoms with Gasteiger partial charge in [0.15, 0.2) is 4.77 Å². The Morgan fingerprint density at radius 3 is 2.72 bits per heavy atom. The number of rotatable bonds is 3. The third-order valence-electron chi connectivity index (χ3n) is 3.53. The summed E-state index contributed by atoms with van der Waals surface area (Å²) in [5, 5.41) is 11.1. The fraction of sp³-hybridized carbons (Fsp3) is 0.0556. The molecule has 25 heavy (non-hydrogen) atoms. The van der Waals surface area contributed by atoms with Gasteiger partial charge in [-0.1, -0.05) is 29.8 Å². The lowest BCUT2D eigenvalue weighted by atomic mass is 10.2. The predicted octanol–water partition coefficient (Wildman–Crippen LogP) is 4.31. The smallest absolute Gasteiger partial charge is 0.264 e. The Bertz CT molecular complexity index is 1090. The lowest BCUT2D eigenvalue weighted by Crippen LogP contribution is -2.18. The highest BCUT2D eigenvalue weighted by Gasteiger charge is 2.12. The highest BCUT2D eigenvalue weighted by molar-refractivity contribution is 7.71. The molecule has 1 heterocycles. The Hall–Kier alpha value is -2.70. The Kier molecular flexibility index (Phi) is 4.83. The van der Waals surface area contributed by atoms with Gasteiger partial charge >= 0.3 is 0 Å². The van der Waals surface area contributed by atoms with Crippen molar-refractivity contribution in [3.63, 3.8) is 0 Å². The van der Waals surface area contributed by atoms with Crippen molar-refractivity contribution in [1.29, 1.82) is 0 Å². The van der Waals surface area contributed by atoms with Crippen LogP contribution in [0, 0.1) is 11.7 Å². The second-order valence-electron chi connectivity index (χ2n) is 5.41. The normalized spacial score (nSPS) is 11.1. The van der Waals surface area contributed by atoms with Crippen molar-refractivity contribution in [2.45, 2.75) is 6.92 Å². The third-order valence-corrected chi connectivity index (χ3v) is 4.05. The number of nitrogens with zero attached hydrogens (tertiary/aromatic N) is 2. The standard InChI is InChI=1S/C18H14ClN3O2S/c1-11-4-2-7-14(8-11)22-17(24)15(16(23)21-18(22)25)10-20-13-6-3-5-12(19)9-13/h2-10,24H,1H3,(H,21,23,25). The largest absolute Gasteiger partial charge is 0.494 e. The summed E-state index contributed by atoms with van der Waals surface area (Å²) in [4.78, 5) is 18.9. The average molecular weight is 372 g/mol. The SMILES string of the molecule is Cc1cccc(-n2c(O)c(C=Nc3cccc(Cl)c3)c(=O)[nH]c2=S)c1. The molecule has 0 radical (unpaired) electrons. The van der Waals surface area contributed by atoms with Crippen molar-refractivity contribution in [2.75, 3.05) is 0 Å². The number of aryl methyl sites for hydroxylation is 1. The minimum absolute atomic E-state index is 0.00933. The van der Waals surface area contributed by atoms with E-state index >= 15 is 0 Å². The van der Waals surface area contributed by atoms with Crippen molar-refractivity contribution in [3.05, 3.63) is 79.8 Å². The van der Waals surface area contributed by atoms with Crippen LogP contribution in [0.15, 0.2) is 58.3 Å². The number of benzene rings is 2. The molecule has 7 heteroatoms. The topological polar surface area (TPSA) is 70.4 Å². The first-order valence-corrected chi connectivity index (χ1v) is 8.19. The van der Waals surface area contributed by atoms with Crippen LogP contribution >= 0.6 is 23.8 Å². The number of aliphatic imine (C=N–C) groups is 1. The van der Waals surface area contributed by atoms with E-state index in [0.29, 0.717) is 16.4 Å². The summed E-state index contributed by atoms with van der Waals surface area (Å²) in [6.45, 7) is 1.93. The van der Waals surface area contributed by atoms with Crippen molar-refractivity contribution >= 4 is 35.7 Å². The predicted molar refractivity (Wildman–Crippen MR) is 102 cm³/mol. The fourth-order valence-electron chi connectivity index (χ4n) is 2.36. The van der Waals surface area contributed by atoms with Crippen LogP contribution < -0.4 is 5.56 Å². The second-order valence-corrected chi connectivity index (χ2v) is 6.23. The third kappa shape index (κ3) is 3.70. The maximum Gasteiger partial charge on any atom is 0.264 e. The van der Waals surface area contributed by atoms with E-state index in [4.69, 9.17) is 23.8 Å². The van der Waals surface area contributed by atoms with Crippen LogP contribution in [0.5, 0.6) is 5.88 Å². The van der Waals surface area contributed by atoms with Gasteiger partial charge in [-0.3, -0.25) is 19.3 Å². The van der Waals surface area contributed by atoms with Gasteiger partial charge in [-0.15, -0.1) is 0 Å². The molecule has 3 aromatic rings. The summed E-state index contributed by atoms with van der Waals surface area (Å²) in [6.07, 6.45) is 1.29. The van der Waals surface area contributed by atoms with Crippen LogP contribution in [0.1, 0.15) is 11.1 Å². The molecule has 126 valence electrons. The minimum Gasteiger partial charge on any atom is -0.494 e. The van der Waals surface area contributed by atoms with Gasteiger partial charge in [0.25, 0.3) is 5.56 Å². The van der Waals surface area contributed by atoms with Gasteiger partial charge in [0.1, 0.15) is 5.56 Å². The summed E-state index contributed by atoms with van der Waals surface area (Å²) in [6, 6.07) is 14.3. The molecule has 1 aromatic heterocycles. The van der Waals surface area contributed by atoms with Gasteiger partial charge < -0.3 is 5.11 Å². The molecule has 0 fully saturated rings. The Labute approximate surface area is 153 Å². The molecule has 0 saturated carbocycles. The number of H-pyrrole nitrogens is 1. The van der Waals surface area contributed by atoms with E-state index in [1.807, 2.05) is 25.1 Å². The van der Waals surface area contributed by atoms with Crippen molar-refractivity contribution in [2.24, 2.45) is 4.99 Å². The van der Waals surface area contributed by atoms with Crippen molar-refractivity contribution in [3.8, 4) is 11.6 Å². The Balaban J connectivity index is 2.14. The van der Waals surface area contributed by atoms with Crippen LogP contribution in [0.3, 0.4) is 0 Å². The molecule has 0 aliphatic rings. The number of aromatic hydroxyl groups is 1. The van der Waals surface area contributed by atoms with Crippen LogP contribution in [0.4, 0.5) is 5.69 Å². The molecule has 0 unspecified atom stereocenters. The zero-order valence-electron chi connectivity index (χ0n) is 13.2. The zero-order chi connectivity index (χ0) is 18.0. The van der Waals surface area contributed by atoms with Crippen molar-refractivity contribution < 1.29 is 5.11 Å². The molecule has 2 N–H and O–H groups in total. The molecule has 0 aliphatic carbocycles. The minimum atomic E-state index is -0.516. The molecule has 0 aliphatic heterocycles. The van der Waals surface area contributed by atoms with Gasteiger partial charge in [0.2, 0.25) is 5.88 Å². The highest BCUT2D eigenvalue weighted by atomic mass is 35.5.